The summed E-state index contributed by atoms with van der Waals surface area (Å²) in [5, 5.41) is 2.94. The first-order chi connectivity index (χ1) is 11.0. The Morgan fingerprint density at radius 3 is 2.78 bits per heavy atom. The van der Waals surface area contributed by atoms with Gasteiger partial charge in [-0.15, -0.1) is 0 Å². The van der Waals surface area contributed by atoms with Crippen LogP contribution in [0.4, 0.5) is 5.69 Å². The van der Waals surface area contributed by atoms with E-state index in [9.17, 15) is 9.59 Å². The monoisotopic (exact) mass is 317 g/mol. The predicted molar refractivity (Wildman–Crippen MR) is 92.3 cm³/mol. The number of nitrogens with two attached hydrogens (primary N) is 1. The molecular weight excluding hydrogens is 290 g/mol. The van der Waals surface area contributed by atoms with E-state index in [1.54, 1.807) is 4.90 Å². The smallest absolute Gasteiger partial charge is 0.244 e. The van der Waals surface area contributed by atoms with Crippen molar-refractivity contribution in [2.45, 2.75) is 58.5 Å². The van der Waals surface area contributed by atoms with E-state index in [1.807, 2.05) is 32.0 Å². The molecule has 3 N–H and O–H groups in total. The zero-order valence-electron chi connectivity index (χ0n) is 14.3. The Labute approximate surface area is 138 Å². The van der Waals surface area contributed by atoms with Crippen LogP contribution in [-0.4, -0.2) is 30.4 Å². The summed E-state index contributed by atoms with van der Waals surface area (Å²) < 4.78 is 0. The molecule has 1 aliphatic rings. The summed E-state index contributed by atoms with van der Waals surface area (Å²) in [6, 6.07) is 4.87. The van der Waals surface area contributed by atoms with Gasteiger partial charge < -0.3 is 11.1 Å². The number of rotatable bonds is 6. The SMILES string of the molecule is CCCCNC(=O)[C@H]1Cc2cc(C)ccc2N1C(=O)[C@@H](N)CC. The number of amides is 2. The van der Waals surface area contributed by atoms with Crippen molar-refractivity contribution in [3.8, 4) is 0 Å². The molecular formula is C18H27N3O2. The van der Waals surface area contributed by atoms with E-state index in [-0.39, 0.29) is 11.8 Å². The van der Waals surface area contributed by atoms with Crippen molar-refractivity contribution in [1.29, 1.82) is 0 Å². The number of hydrogen-bond donors (Lipinski definition) is 2. The highest BCUT2D eigenvalue weighted by atomic mass is 16.2. The number of benzene rings is 1. The van der Waals surface area contributed by atoms with Crippen molar-refractivity contribution in [2.75, 3.05) is 11.4 Å². The number of carbonyl (C=O) groups is 2. The number of anilines is 1. The fourth-order valence-corrected chi connectivity index (χ4v) is 2.92. The van der Waals surface area contributed by atoms with E-state index in [1.165, 1.54) is 0 Å². The van der Waals surface area contributed by atoms with E-state index in [0.717, 1.165) is 29.7 Å². The van der Waals surface area contributed by atoms with E-state index >= 15 is 0 Å². The first-order valence-electron chi connectivity index (χ1n) is 8.45. The molecule has 1 aromatic carbocycles. The number of fused-ring (bicyclic) bond motifs is 1. The molecule has 0 aromatic heterocycles. The van der Waals surface area contributed by atoms with Crippen LogP contribution in [0.15, 0.2) is 18.2 Å². The van der Waals surface area contributed by atoms with Gasteiger partial charge in [0.05, 0.1) is 6.04 Å². The second-order valence-corrected chi connectivity index (χ2v) is 6.22. The van der Waals surface area contributed by atoms with Crippen molar-refractivity contribution in [3.05, 3.63) is 29.3 Å². The maximum Gasteiger partial charge on any atom is 0.244 e. The van der Waals surface area contributed by atoms with E-state index in [2.05, 4.69) is 12.2 Å². The first kappa shape index (κ1) is 17.5. The van der Waals surface area contributed by atoms with Crippen molar-refractivity contribution in [3.63, 3.8) is 0 Å². The Morgan fingerprint density at radius 1 is 1.39 bits per heavy atom. The second-order valence-electron chi connectivity index (χ2n) is 6.22. The Hall–Kier alpha value is -1.88. The minimum absolute atomic E-state index is 0.0936. The number of aryl methyl sites for hydroxylation is 1. The van der Waals surface area contributed by atoms with Gasteiger partial charge in [-0.1, -0.05) is 38.0 Å². The van der Waals surface area contributed by atoms with Crippen molar-refractivity contribution in [2.24, 2.45) is 5.73 Å². The Bertz CT molecular complexity index is 586. The molecule has 2 atom stereocenters. The van der Waals surface area contributed by atoms with Crippen LogP contribution in [0.25, 0.3) is 0 Å². The lowest BCUT2D eigenvalue weighted by Crippen LogP contribution is -2.53. The van der Waals surface area contributed by atoms with Crippen LogP contribution in [0.2, 0.25) is 0 Å². The van der Waals surface area contributed by atoms with Crippen LogP contribution in [0.5, 0.6) is 0 Å². The van der Waals surface area contributed by atoms with Gasteiger partial charge in [0.1, 0.15) is 6.04 Å². The predicted octanol–water partition coefficient (Wildman–Crippen LogP) is 1.91. The van der Waals surface area contributed by atoms with E-state index < -0.39 is 12.1 Å². The molecule has 0 unspecified atom stereocenters. The average Bonchev–Trinajstić information content (AvgIpc) is 2.91. The van der Waals surface area contributed by atoms with Crippen LogP contribution < -0.4 is 16.0 Å². The molecule has 0 saturated heterocycles. The van der Waals surface area contributed by atoms with Gasteiger partial charge >= 0.3 is 0 Å². The zero-order chi connectivity index (χ0) is 17.0. The molecule has 1 heterocycles. The van der Waals surface area contributed by atoms with Gasteiger partial charge in [0, 0.05) is 18.7 Å². The third-order valence-corrected chi connectivity index (χ3v) is 4.35. The number of unbranched alkanes of at least 4 members (excludes halogenated alkanes) is 1. The lowest BCUT2D eigenvalue weighted by Gasteiger charge is -2.27. The number of nitrogens with one attached hydrogen (secondary N) is 1. The summed E-state index contributed by atoms with van der Waals surface area (Å²) >= 11 is 0. The average molecular weight is 317 g/mol. The fraction of sp³-hybridized carbons (Fsp3) is 0.556. The molecule has 0 fully saturated rings. The summed E-state index contributed by atoms with van der Waals surface area (Å²) in [4.78, 5) is 26.8. The van der Waals surface area contributed by atoms with Crippen LogP contribution >= 0.6 is 0 Å². The maximum atomic E-state index is 12.7. The quantitative estimate of drug-likeness (QED) is 0.787. The second kappa shape index (κ2) is 7.59. The number of hydrogen-bond acceptors (Lipinski definition) is 3. The van der Waals surface area contributed by atoms with Gasteiger partial charge in [-0.25, -0.2) is 0 Å². The lowest BCUT2D eigenvalue weighted by molar-refractivity contribution is -0.126. The summed E-state index contributed by atoms with van der Waals surface area (Å²) in [5.74, 6) is -0.269. The van der Waals surface area contributed by atoms with Gasteiger partial charge in [0.15, 0.2) is 0 Å². The molecule has 2 amide bonds. The van der Waals surface area contributed by atoms with Gasteiger partial charge in [-0.2, -0.15) is 0 Å². The molecule has 0 spiro atoms. The van der Waals surface area contributed by atoms with Crippen LogP contribution in [0.3, 0.4) is 0 Å². The van der Waals surface area contributed by atoms with E-state index in [4.69, 9.17) is 5.73 Å². The van der Waals surface area contributed by atoms with Crippen LogP contribution in [0, 0.1) is 6.92 Å². The molecule has 1 aliphatic heterocycles. The van der Waals surface area contributed by atoms with Crippen LogP contribution in [0.1, 0.15) is 44.2 Å². The highest BCUT2D eigenvalue weighted by molar-refractivity contribution is 6.05. The first-order valence-corrected chi connectivity index (χ1v) is 8.45. The standard InChI is InChI=1S/C18H27N3O2/c1-4-6-9-20-17(22)16-11-13-10-12(3)7-8-15(13)21(16)18(23)14(19)5-2/h7-8,10,14,16H,4-6,9,11,19H2,1-3H3,(H,20,22)/t14-,16+/m0/s1. The molecule has 0 aliphatic carbocycles. The normalized spacial score (nSPS) is 17.7. The molecule has 5 heteroatoms. The molecule has 126 valence electrons. The summed E-state index contributed by atoms with van der Waals surface area (Å²) in [5.41, 5.74) is 8.93. The fourth-order valence-electron chi connectivity index (χ4n) is 2.92. The van der Waals surface area contributed by atoms with Gasteiger partial charge in [0.2, 0.25) is 11.8 Å². The summed E-state index contributed by atoms with van der Waals surface area (Å²) in [6.07, 6.45) is 3.07. The summed E-state index contributed by atoms with van der Waals surface area (Å²) in [7, 11) is 0. The van der Waals surface area contributed by atoms with Crippen molar-refractivity contribution < 1.29 is 9.59 Å². The summed E-state index contributed by atoms with van der Waals surface area (Å²) in [6.45, 7) is 6.61. The maximum absolute atomic E-state index is 12.7. The van der Waals surface area contributed by atoms with Gasteiger partial charge in [-0.3, -0.25) is 14.5 Å². The minimum Gasteiger partial charge on any atom is -0.354 e. The zero-order valence-corrected chi connectivity index (χ0v) is 14.3. The largest absolute Gasteiger partial charge is 0.354 e. The highest BCUT2D eigenvalue weighted by Gasteiger charge is 2.39. The number of carbonyl (C=O) groups excluding carboxylic acids is 2. The van der Waals surface area contributed by atoms with E-state index in [0.29, 0.717) is 19.4 Å². The van der Waals surface area contributed by atoms with Crippen LogP contribution in [-0.2, 0) is 16.0 Å². The van der Waals surface area contributed by atoms with Crippen molar-refractivity contribution >= 4 is 17.5 Å². The third-order valence-electron chi connectivity index (χ3n) is 4.35. The molecule has 0 bridgehead atoms. The minimum atomic E-state index is -0.576. The lowest BCUT2D eigenvalue weighted by atomic mass is 10.1. The molecule has 23 heavy (non-hydrogen) atoms. The van der Waals surface area contributed by atoms with Gasteiger partial charge in [0.25, 0.3) is 0 Å². The molecule has 2 rings (SSSR count). The number of nitrogens with zero attached hydrogens (tertiary/aromatic N) is 1. The molecule has 0 saturated carbocycles. The Morgan fingerprint density at radius 2 is 2.13 bits per heavy atom. The topological polar surface area (TPSA) is 75.4 Å². The Balaban J connectivity index is 2.27. The molecule has 5 nitrogen and oxygen atoms in total. The molecule has 0 radical (unpaired) electrons. The Kier molecular flexibility index (Phi) is 5.77. The molecule has 1 aromatic rings. The highest BCUT2D eigenvalue weighted by Crippen LogP contribution is 2.33. The van der Waals surface area contributed by atoms with Crippen molar-refractivity contribution in [1.82, 2.24) is 5.32 Å². The third kappa shape index (κ3) is 3.72. The van der Waals surface area contributed by atoms with Gasteiger partial charge in [-0.05, 0) is 31.4 Å².